The summed E-state index contributed by atoms with van der Waals surface area (Å²) in [6.07, 6.45) is 6.79. The number of aromatic nitrogens is 2. The van der Waals surface area contributed by atoms with Gasteiger partial charge in [-0.3, -0.25) is 9.59 Å². The summed E-state index contributed by atoms with van der Waals surface area (Å²) < 4.78 is 5.14. The lowest BCUT2D eigenvalue weighted by Gasteiger charge is -2.08. The number of anilines is 1. The number of halogens is 1. The number of aryl methyl sites for hydroxylation is 2. The summed E-state index contributed by atoms with van der Waals surface area (Å²) in [5, 5.41) is 3.36. The molecule has 1 amide bonds. The zero-order chi connectivity index (χ0) is 22.8. The molecule has 33 heavy (non-hydrogen) atoms. The van der Waals surface area contributed by atoms with Crippen molar-refractivity contribution in [3.63, 3.8) is 0 Å². The van der Waals surface area contributed by atoms with Crippen molar-refractivity contribution < 1.29 is 9.21 Å². The minimum absolute atomic E-state index is 0.0640. The Hall–Kier alpha value is -3.97. The quantitative estimate of drug-likeness (QED) is 0.436. The Balaban J connectivity index is 1.31. The van der Waals surface area contributed by atoms with Crippen LogP contribution >= 0.6 is 11.6 Å². The van der Waals surface area contributed by atoms with E-state index in [0.29, 0.717) is 35.8 Å². The van der Waals surface area contributed by atoms with Gasteiger partial charge in [-0.2, -0.15) is 0 Å². The number of aliphatic imine (C=N–C) groups is 1. The second kappa shape index (κ2) is 8.88. The first-order valence-corrected chi connectivity index (χ1v) is 10.8. The van der Waals surface area contributed by atoms with Crippen LogP contribution in [0.5, 0.6) is 0 Å². The summed E-state index contributed by atoms with van der Waals surface area (Å²) in [4.78, 5) is 36.0. The largest absolute Gasteiger partial charge is 0.459 e. The maximum atomic E-state index is 12.3. The van der Waals surface area contributed by atoms with Crippen LogP contribution in [0.25, 0.3) is 0 Å². The average Bonchev–Trinajstić information content (AvgIpc) is 3.50. The lowest BCUT2D eigenvalue weighted by atomic mass is 10.0. The molecule has 0 saturated carbocycles. The zero-order valence-electron chi connectivity index (χ0n) is 17.5. The van der Waals surface area contributed by atoms with E-state index in [-0.39, 0.29) is 17.2 Å². The number of furan rings is 1. The van der Waals surface area contributed by atoms with E-state index in [1.807, 2.05) is 12.1 Å². The average molecular weight is 459 g/mol. The molecule has 0 radical (unpaired) electrons. The molecule has 0 spiro atoms. The van der Waals surface area contributed by atoms with Crippen LogP contribution in [0.1, 0.15) is 32.8 Å². The molecule has 2 N–H and O–H groups in total. The number of rotatable bonds is 6. The van der Waals surface area contributed by atoms with E-state index < -0.39 is 0 Å². The molecule has 0 unspecified atom stereocenters. The maximum absolute atomic E-state index is 12.3. The van der Waals surface area contributed by atoms with Gasteiger partial charge in [0.2, 0.25) is 0 Å². The first-order valence-electron chi connectivity index (χ1n) is 10.4. The van der Waals surface area contributed by atoms with Crippen molar-refractivity contribution in [1.29, 1.82) is 0 Å². The molecule has 4 heterocycles. The summed E-state index contributed by atoms with van der Waals surface area (Å²) in [5.41, 5.74) is 4.85. The number of hydrogen-bond acceptors (Lipinski definition) is 5. The highest BCUT2D eigenvalue weighted by Gasteiger charge is 2.20. The number of carbonyl (C=O) groups excluding carboxylic acids is 1. The normalized spacial score (nSPS) is 12.3. The molecule has 0 aliphatic carbocycles. The lowest BCUT2D eigenvalue weighted by Crippen LogP contribution is -2.12. The first-order chi connectivity index (χ1) is 16.1. The van der Waals surface area contributed by atoms with E-state index in [2.05, 4.69) is 26.3 Å². The van der Waals surface area contributed by atoms with Crippen LogP contribution in [0.3, 0.4) is 0 Å². The van der Waals surface area contributed by atoms with Crippen molar-refractivity contribution in [2.45, 2.75) is 19.3 Å². The van der Waals surface area contributed by atoms with Crippen LogP contribution in [0.15, 0.2) is 81.4 Å². The minimum atomic E-state index is -0.339. The van der Waals surface area contributed by atoms with Crippen molar-refractivity contribution in [3.05, 3.63) is 111 Å². The smallest absolute Gasteiger partial charge is 0.291 e. The number of hydrogen-bond donors (Lipinski definition) is 2. The van der Waals surface area contributed by atoms with Gasteiger partial charge in [0.1, 0.15) is 0 Å². The Morgan fingerprint density at radius 2 is 2.06 bits per heavy atom. The Labute approximate surface area is 194 Å². The molecule has 8 heteroatoms. The van der Waals surface area contributed by atoms with Crippen LogP contribution in [0, 0.1) is 0 Å². The van der Waals surface area contributed by atoms with Crippen molar-refractivity contribution in [3.8, 4) is 0 Å². The predicted octanol–water partition coefficient (Wildman–Crippen LogP) is 4.73. The highest BCUT2D eigenvalue weighted by molar-refractivity contribution is 6.34. The van der Waals surface area contributed by atoms with E-state index in [0.717, 1.165) is 28.0 Å². The lowest BCUT2D eigenvalue weighted by molar-refractivity contribution is 0.0996. The number of nitrogens with one attached hydrogen (secondary N) is 2. The summed E-state index contributed by atoms with van der Waals surface area (Å²) in [6.45, 7) is 0. The van der Waals surface area contributed by atoms with Crippen LogP contribution in [-0.2, 0) is 19.3 Å². The fraction of sp³-hybridized carbons (Fsp3) is 0.120. The third-order valence-corrected chi connectivity index (χ3v) is 5.79. The molecule has 0 fully saturated rings. The second-order valence-electron chi connectivity index (χ2n) is 7.71. The number of fused-ring (bicyclic) bond motifs is 1. The highest BCUT2D eigenvalue weighted by atomic mass is 35.5. The molecule has 1 aliphatic rings. The van der Waals surface area contributed by atoms with Gasteiger partial charge in [0, 0.05) is 46.2 Å². The molecule has 0 saturated heterocycles. The van der Waals surface area contributed by atoms with Crippen LogP contribution in [0.4, 0.5) is 11.5 Å². The molecule has 4 aromatic rings. The summed E-state index contributed by atoms with van der Waals surface area (Å²) in [6, 6.07) is 14.3. The SMILES string of the molecule is O=C(Nc1ccc(Cl)c(C2=Nc3ncc(CCc4ccc[nH]c4=O)cc3C2)c1)c1ccco1. The van der Waals surface area contributed by atoms with Gasteiger partial charge >= 0.3 is 0 Å². The Morgan fingerprint density at radius 3 is 2.88 bits per heavy atom. The molecule has 5 rings (SSSR count). The third-order valence-electron chi connectivity index (χ3n) is 5.46. The van der Waals surface area contributed by atoms with Gasteiger partial charge in [-0.15, -0.1) is 0 Å². The molecular weight excluding hydrogens is 440 g/mol. The molecule has 3 aromatic heterocycles. The predicted molar refractivity (Wildman–Crippen MR) is 127 cm³/mol. The van der Waals surface area contributed by atoms with E-state index in [4.69, 9.17) is 16.0 Å². The van der Waals surface area contributed by atoms with E-state index >= 15 is 0 Å². The van der Waals surface area contributed by atoms with Crippen molar-refractivity contribution >= 4 is 34.7 Å². The molecule has 7 nitrogen and oxygen atoms in total. The van der Waals surface area contributed by atoms with E-state index in [1.165, 1.54) is 6.26 Å². The maximum Gasteiger partial charge on any atom is 0.291 e. The van der Waals surface area contributed by atoms with Crippen LogP contribution < -0.4 is 10.9 Å². The summed E-state index contributed by atoms with van der Waals surface area (Å²) in [7, 11) is 0. The van der Waals surface area contributed by atoms with Crippen molar-refractivity contribution in [1.82, 2.24) is 9.97 Å². The van der Waals surface area contributed by atoms with Crippen LogP contribution in [-0.4, -0.2) is 21.6 Å². The number of benzene rings is 1. The Morgan fingerprint density at radius 1 is 1.15 bits per heavy atom. The number of pyridine rings is 2. The monoisotopic (exact) mass is 458 g/mol. The van der Waals surface area contributed by atoms with Gasteiger partial charge < -0.3 is 14.7 Å². The van der Waals surface area contributed by atoms with Gasteiger partial charge in [-0.05, 0) is 54.8 Å². The molecular formula is C25H19ClN4O3. The fourth-order valence-corrected chi connectivity index (χ4v) is 4.01. The third kappa shape index (κ3) is 4.49. The second-order valence-corrected chi connectivity index (χ2v) is 8.12. The van der Waals surface area contributed by atoms with Gasteiger partial charge in [-0.25, -0.2) is 9.98 Å². The molecule has 1 aliphatic heterocycles. The van der Waals surface area contributed by atoms with Crippen LogP contribution in [0.2, 0.25) is 5.02 Å². The number of aromatic amines is 1. The first kappa shape index (κ1) is 20.9. The summed E-state index contributed by atoms with van der Waals surface area (Å²) >= 11 is 6.45. The fourth-order valence-electron chi connectivity index (χ4n) is 3.78. The number of nitrogens with zero attached hydrogens (tertiary/aromatic N) is 2. The minimum Gasteiger partial charge on any atom is -0.459 e. The number of carbonyl (C=O) groups is 1. The molecule has 0 atom stereocenters. The highest BCUT2D eigenvalue weighted by Crippen LogP contribution is 2.31. The van der Waals surface area contributed by atoms with Gasteiger partial charge in [-0.1, -0.05) is 23.7 Å². The molecule has 1 aromatic carbocycles. The molecule has 0 bridgehead atoms. The van der Waals surface area contributed by atoms with E-state index in [9.17, 15) is 9.59 Å². The summed E-state index contributed by atoms with van der Waals surface area (Å²) in [5.74, 6) is 0.548. The molecule has 164 valence electrons. The van der Waals surface area contributed by atoms with Crippen molar-refractivity contribution in [2.24, 2.45) is 4.99 Å². The number of amides is 1. The Bertz CT molecular complexity index is 1420. The van der Waals surface area contributed by atoms with E-state index in [1.54, 1.807) is 42.7 Å². The van der Waals surface area contributed by atoms with Gasteiger partial charge in [0.15, 0.2) is 11.6 Å². The number of H-pyrrole nitrogens is 1. The van der Waals surface area contributed by atoms with Crippen molar-refractivity contribution in [2.75, 3.05) is 5.32 Å². The topological polar surface area (TPSA) is 100 Å². The van der Waals surface area contributed by atoms with Gasteiger partial charge in [0.25, 0.3) is 11.5 Å². The zero-order valence-corrected chi connectivity index (χ0v) is 18.2. The Kier molecular flexibility index (Phi) is 5.62. The standard InChI is InChI=1S/C25H19ClN4O3/c26-20-8-7-18(29-25(32)22-4-2-10-33-22)13-19(20)21-12-17-11-15(14-28-23(17)30-21)5-6-16-3-1-9-27-24(16)31/h1-4,7-11,13-14H,5-6,12H2,(H,27,31)(H,29,32). The van der Waals surface area contributed by atoms with Gasteiger partial charge in [0.05, 0.1) is 12.0 Å².